The van der Waals surface area contributed by atoms with Crippen molar-refractivity contribution in [3.8, 4) is 0 Å². The maximum absolute atomic E-state index is 12.7. The maximum Gasteiger partial charge on any atom is 0.291 e. The second-order valence-corrected chi connectivity index (χ2v) is 7.33. The summed E-state index contributed by atoms with van der Waals surface area (Å²) in [6, 6.07) is 8.93. The van der Waals surface area contributed by atoms with Gasteiger partial charge in [-0.25, -0.2) is 0 Å². The van der Waals surface area contributed by atoms with E-state index in [0.29, 0.717) is 17.2 Å². The van der Waals surface area contributed by atoms with Crippen LogP contribution in [0, 0.1) is 12.8 Å². The Morgan fingerprint density at radius 1 is 1.15 bits per heavy atom. The van der Waals surface area contributed by atoms with Crippen LogP contribution in [0.1, 0.15) is 39.3 Å². The fourth-order valence-corrected chi connectivity index (χ4v) is 4.04. The molecule has 2 amide bonds. The molecule has 3 aliphatic rings. The smallest absolute Gasteiger partial charge is 0.291 e. The molecule has 4 heterocycles. The SMILES string of the molecule is Cc1ccc(C(=O)N[C@@H]2C[NH+]3CCC2CC3)cc1NC(=O)c1ccco1. The number of nitrogens with one attached hydrogen (secondary N) is 3. The molecule has 0 aliphatic carbocycles. The highest BCUT2D eigenvalue weighted by atomic mass is 16.3. The van der Waals surface area contributed by atoms with Crippen LogP contribution in [0.3, 0.4) is 0 Å². The van der Waals surface area contributed by atoms with E-state index in [9.17, 15) is 9.59 Å². The van der Waals surface area contributed by atoms with Crippen LogP contribution in [0.4, 0.5) is 5.69 Å². The van der Waals surface area contributed by atoms with Crippen LogP contribution >= 0.6 is 0 Å². The summed E-state index contributed by atoms with van der Waals surface area (Å²) >= 11 is 0. The molecule has 0 unspecified atom stereocenters. The number of amides is 2. The van der Waals surface area contributed by atoms with Gasteiger partial charge < -0.3 is 20.0 Å². The van der Waals surface area contributed by atoms with E-state index in [4.69, 9.17) is 4.42 Å². The molecule has 5 rings (SSSR count). The van der Waals surface area contributed by atoms with Crippen LogP contribution in [0.25, 0.3) is 0 Å². The van der Waals surface area contributed by atoms with Crippen LogP contribution in [0.15, 0.2) is 41.0 Å². The minimum absolute atomic E-state index is 0.0725. The van der Waals surface area contributed by atoms with Crippen molar-refractivity contribution in [2.75, 3.05) is 25.0 Å². The third kappa shape index (κ3) is 3.37. The van der Waals surface area contributed by atoms with Gasteiger partial charge in [-0.05, 0) is 42.7 Å². The standard InChI is InChI=1S/C20H23N3O3/c1-13-4-5-15(11-16(13)21-20(25)18-3-2-10-26-18)19(24)22-17-12-23-8-6-14(17)7-9-23/h2-5,10-11,14,17H,6-9,12H2,1H3,(H,21,25)(H,22,24)/p+1/t17-/m1/s1. The maximum atomic E-state index is 12.7. The Labute approximate surface area is 152 Å². The number of carbonyl (C=O) groups is 2. The van der Waals surface area contributed by atoms with E-state index in [-0.39, 0.29) is 23.6 Å². The van der Waals surface area contributed by atoms with Crippen molar-refractivity contribution < 1.29 is 18.9 Å². The molecule has 0 radical (unpaired) electrons. The van der Waals surface area contributed by atoms with Gasteiger partial charge in [0.15, 0.2) is 5.76 Å². The second-order valence-electron chi connectivity index (χ2n) is 7.33. The summed E-state index contributed by atoms with van der Waals surface area (Å²) < 4.78 is 5.12. The Balaban J connectivity index is 1.46. The number of hydrogen-bond acceptors (Lipinski definition) is 3. The molecule has 6 nitrogen and oxygen atoms in total. The van der Waals surface area contributed by atoms with Crippen molar-refractivity contribution in [3.63, 3.8) is 0 Å². The first kappa shape index (κ1) is 16.8. The summed E-state index contributed by atoms with van der Waals surface area (Å²) in [5, 5.41) is 6.02. The van der Waals surface area contributed by atoms with Gasteiger partial charge in [-0.2, -0.15) is 0 Å². The lowest BCUT2D eigenvalue weighted by Gasteiger charge is -2.42. The first-order valence-electron chi connectivity index (χ1n) is 9.20. The number of fused-ring (bicyclic) bond motifs is 3. The van der Waals surface area contributed by atoms with Crippen LogP contribution in [-0.4, -0.2) is 37.5 Å². The molecule has 6 heteroatoms. The van der Waals surface area contributed by atoms with Crippen molar-refractivity contribution in [1.29, 1.82) is 0 Å². The van der Waals surface area contributed by atoms with Crippen molar-refractivity contribution in [2.45, 2.75) is 25.8 Å². The third-order valence-corrected chi connectivity index (χ3v) is 5.62. The Morgan fingerprint density at radius 2 is 1.96 bits per heavy atom. The van der Waals surface area contributed by atoms with Crippen LogP contribution in [0.5, 0.6) is 0 Å². The Hall–Kier alpha value is -2.60. The molecular formula is C20H24N3O3+. The first-order chi connectivity index (χ1) is 12.6. The van der Waals surface area contributed by atoms with E-state index >= 15 is 0 Å². The van der Waals surface area contributed by atoms with Gasteiger partial charge in [-0.15, -0.1) is 0 Å². The van der Waals surface area contributed by atoms with Crippen molar-refractivity contribution >= 4 is 17.5 Å². The summed E-state index contributed by atoms with van der Waals surface area (Å²) in [5.74, 6) is 0.447. The summed E-state index contributed by atoms with van der Waals surface area (Å²) in [7, 11) is 0. The van der Waals surface area contributed by atoms with Gasteiger partial charge in [0.05, 0.1) is 31.9 Å². The number of aryl methyl sites for hydroxylation is 1. The molecule has 0 saturated carbocycles. The number of carbonyl (C=O) groups excluding carboxylic acids is 2. The zero-order valence-electron chi connectivity index (χ0n) is 14.9. The molecule has 2 bridgehead atoms. The number of hydrogen-bond donors (Lipinski definition) is 3. The highest BCUT2D eigenvalue weighted by molar-refractivity contribution is 6.04. The number of benzene rings is 1. The van der Waals surface area contributed by atoms with Gasteiger partial charge in [0.2, 0.25) is 0 Å². The largest absolute Gasteiger partial charge is 0.459 e. The zero-order valence-corrected chi connectivity index (χ0v) is 14.9. The van der Waals surface area contributed by atoms with E-state index in [1.165, 1.54) is 32.2 Å². The van der Waals surface area contributed by atoms with Gasteiger partial charge in [0, 0.05) is 24.1 Å². The predicted molar refractivity (Wildman–Crippen MR) is 97.4 cm³/mol. The molecule has 3 saturated heterocycles. The predicted octanol–water partition coefficient (Wildman–Crippen LogP) is 1.25. The van der Waals surface area contributed by atoms with Crippen LogP contribution in [-0.2, 0) is 0 Å². The molecule has 2 aromatic rings. The molecule has 1 atom stereocenters. The zero-order chi connectivity index (χ0) is 18.1. The minimum Gasteiger partial charge on any atom is -0.459 e. The normalized spacial score (nSPS) is 24.3. The van der Waals surface area contributed by atoms with Crippen LogP contribution < -0.4 is 15.5 Å². The van der Waals surface area contributed by atoms with E-state index in [2.05, 4.69) is 10.6 Å². The first-order valence-corrected chi connectivity index (χ1v) is 9.20. The highest BCUT2D eigenvalue weighted by Gasteiger charge is 2.38. The molecule has 1 aromatic carbocycles. The quantitative estimate of drug-likeness (QED) is 0.773. The third-order valence-electron chi connectivity index (χ3n) is 5.62. The summed E-state index contributed by atoms with van der Waals surface area (Å²) in [4.78, 5) is 26.5. The number of furan rings is 1. The van der Waals surface area contributed by atoms with Crippen molar-refractivity contribution in [1.82, 2.24) is 5.32 Å². The fourth-order valence-electron chi connectivity index (χ4n) is 4.04. The minimum atomic E-state index is -0.323. The fraction of sp³-hybridized carbons (Fsp3) is 0.400. The average molecular weight is 354 g/mol. The van der Waals surface area contributed by atoms with Crippen LogP contribution in [0.2, 0.25) is 0 Å². The molecule has 136 valence electrons. The van der Waals surface area contributed by atoms with Crippen molar-refractivity contribution in [3.05, 3.63) is 53.5 Å². The summed E-state index contributed by atoms with van der Waals surface area (Å²) in [5.41, 5.74) is 2.09. The van der Waals surface area contributed by atoms with E-state index in [1.54, 1.807) is 29.2 Å². The lowest BCUT2D eigenvalue weighted by Crippen LogP contribution is -3.17. The number of piperidine rings is 3. The number of anilines is 1. The lowest BCUT2D eigenvalue weighted by atomic mass is 9.84. The van der Waals surface area contributed by atoms with E-state index in [0.717, 1.165) is 12.1 Å². The Kier molecular flexibility index (Phi) is 4.51. The molecule has 3 aliphatic heterocycles. The number of rotatable bonds is 4. The number of quaternary nitrogens is 1. The monoisotopic (exact) mass is 354 g/mol. The second kappa shape index (κ2) is 6.96. The van der Waals surface area contributed by atoms with Gasteiger partial charge >= 0.3 is 0 Å². The highest BCUT2D eigenvalue weighted by Crippen LogP contribution is 2.21. The molecule has 3 N–H and O–H groups in total. The molecular weight excluding hydrogens is 330 g/mol. The Bertz CT molecular complexity index is 808. The summed E-state index contributed by atoms with van der Waals surface area (Å²) in [6.07, 6.45) is 3.85. The topological polar surface area (TPSA) is 75.8 Å². The van der Waals surface area contributed by atoms with Gasteiger partial charge in [-0.1, -0.05) is 6.07 Å². The molecule has 3 fully saturated rings. The molecule has 1 aromatic heterocycles. The van der Waals surface area contributed by atoms with Gasteiger partial charge in [-0.3, -0.25) is 9.59 Å². The average Bonchev–Trinajstić information content (AvgIpc) is 3.19. The van der Waals surface area contributed by atoms with Gasteiger partial charge in [0.1, 0.15) is 0 Å². The summed E-state index contributed by atoms with van der Waals surface area (Å²) in [6.45, 7) is 5.37. The van der Waals surface area contributed by atoms with E-state index < -0.39 is 0 Å². The molecule has 0 spiro atoms. The van der Waals surface area contributed by atoms with E-state index in [1.807, 2.05) is 13.0 Å². The van der Waals surface area contributed by atoms with Gasteiger partial charge in [0.25, 0.3) is 11.8 Å². The lowest BCUT2D eigenvalue weighted by molar-refractivity contribution is -0.917. The van der Waals surface area contributed by atoms with Crippen molar-refractivity contribution in [2.24, 2.45) is 5.92 Å². The molecule has 26 heavy (non-hydrogen) atoms. The Morgan fingerprint density at radius 3 is 2.62 bits per heavy atom.